The summed E-state index contributed by atoms with van der Waals surface area (Å²) in [6, 6.07) is 9.42. The van der Waals surface area contributed by atoms with Gasteiger partial charge in [-0.15, -0.1) is 6.42 Å². The van der Waals surface area contributed by atoms with E-state index < -0.39 is 85.5 Å². The fraction of sp³-hybridized carbons (Fsp3) is 0.780. The van der Waals surface area contributed by atoms with E-state index in [9.17, 15) is 25.2 Å². The van der Waals surface area contributed by atoms with Crippen molar-refractivity contribution in [1.82, 2.24) is 0 Å². The van der Waals surface area contributed by atoms with Gasteiger partial charge in [-0.1, -0.05) is 50.1 Å². The lowest BCUT2D eigenvalue weighted by molar-refractivity contribution is -0.337. The van der Waals surface area contributed by atoms with Crippen molar-refractivity contribution in [3.05, 3.63) is 47.5 Å². The van der Waals surface area contributed by atoms with Gasteiger partial charge in [0.05, 0.1) is 48.3 Å². The summed E-state index contributed by atoms with van der Waals surface area (Å²) in [6.07, 6.45) is 7.30. The van der Waals surface area contributed by atoms with E-state index >= 15 is 0 Å². The molecule has 4 saturated carbocycles. The van der Waals surface area contributed by atoms with Crippen molar-refractivity contribution in [3.63, 3.8) is 0 Å². The van der Waals surface area contributed by atoms with E-state index in [-0.39, 0.29) is 54.0 Å². The van der Waals surface area contributed by atoms with Gasteiger partial charge in [-0.05, 0) is 119 Å². The molecular weight excluding hydrogens is 809 g/mol. The highest BCUT2D eigenvalue weighted by atomic mass is 16.7. The lowest BCUT2D eigenvalue weighted by atomic mass is 9.43. The Hall–Kier alpha value is -2.45. The molecule has 21 atom stereocenters. The van der Waals surface area contributed by atoms with Crippen molar-refractivity contribution >= 4 is 5.97 Å². The number of rotatable bonds is 10. The van der Waals surface area contributed by atoms with Gasteiger partial charge in [-0.25, -0.2) is 4.79 Å². The third kappa shape index (κ3) is 8.48. The van der Waals surface area contributed by atoms with E-state index in [1.807, 2.05) is 37.3 Å². The van der Waals surface area contributed by atoms with Gasteiger partial charge in [0.15, 0.2) is 18.9 Å². The first-order valence-electron chi connectivity index (χ1n) is 23.8. The maximum absolute atomic E-state index is 12.6. The van der Waals surface area contributed by atoms with E-state index in [1.54, 1.807) is 19.9 Å². The summed E-state index contributed by atoms with van der Waals surface area (Å²) in [7, 11) is 0. The molecule has 2 unspecified atom stereocenters. The highest BCUT2D eigenvalue weighted by Gasteiger charge is 2.68. The molecule has 0 spiro atoms. The van der Waals surface area contributed by atoms with E-state index in [0.717, 1.165) is 68.9 Å². The topological polar surface area (TPSA) is 172 Å². The number of aliphatic hydroxyl groups excluding tert-OH is 3. The number of benzene rings is 1. The number of carbonyl (C=O) groups is 1. The van der Waals surface area contributed by atoms with Crippen LogP contribution in [-0.2, 0) is 42.7 Å². The maximum atomic E-state index is 12.6. The highest BCUT2D eigenvalue weighted by molar-refractivity contribution is 5.85. The lowest BCUT2D eigenvalue weighted by Crippen LogP contribution is -2.62. The Kier molecular flexibility index (Phi) is 13.0. The van der Waals surface area contributed by atoms with Crippen molar-refractivity contribution in [2.45, 2.75) is 203 Å². The molecule has 13 nitrogen and oxygen atoms in total. The van der Waals surface area contributed by atoms with Gasteiger partial charge in [-0.2, -0.15) is 0 Å². The Labute approximate surface area is 372 Å². The fourth-order valence-corrected chi connectivity index (χ4v) is 14.0. The minimum absolute atomic E-state index is 0.0144. The molecule has 348 valence electrons. The Morgan fingerprint density at radius 3 is 1.90 bits per heavy atom. The molecule has 0 aromatic heterocycles. The number of esters is 1. The molecule has 0 amide bonds. The van der Waals surface area contributed by atoms with Gasteiger partial charge in [0.2, 0.25) is 0 Å². The molecule has 1 aromatic carbocycles. The number of carbonyl (C=O) groups excluding carboxylic acids is 1. The third-order valence-corrected chi connectivity index (χ3v) is 17.4. The first-order valence-corrected chi connectivity index (χ1v) is 23.8. The maximum Gasteiger partial charge on any atom is 0.331 e. The summed E-state index contributed by atoms with van der Waals surface area (Å²) < 4.78 is 49.3. The van der Waals surface area contributed by atoms with Crippen molar-refractivity contribution in [3.8, 4) is 12.3 Å². The van der Waals surface area contributed by atoms with E-state index in [4.69, 9.17) is 44.3 Å². The third-order valence-electron chi connectivity index (χ3n) is 17.4. The zero-order chi connectivity index (χ0) is 44.4. The van der Waals surface area contributed by atoms with Crippen LogP contribution in [-0.4, -0.2) is 119 Å². The zero-order valence-electron chi connectivity index (χ0n) is 37.6. The van der Waals surface area contributed by atoms with Crippen molar-refractivity contribution in [1.29, 1.82) is 0 Å². The molecule has 9 rings (SSSR count). The van der Waals surface area contributed by atoms with E-state index in [1.165, 1.54) is 0 Å². The van der Waals surface area contributed by atoms with Crippen LogP contribution in [0.3, 0.4) is 0 Å². The Balaban J connectivity index is 0.737. The zero-order valence-corrected chi connectivity index (χ0v) is 37.6. The molecule has 8 aliphatic rings. The number of terminal acetylenes is 1. The number of fused-ring (bicyclic) bond motifs is 5. The Morgan fingerprint density at radius 2 is 1.33 bits per heavy atom. The molecule has 3 saturated heterocycles. The van der Waals surface area contributed by atoms with Crippen LogP contribution in [0.25, 0.3) is 0 Å². The molecule has 63 heavy (non-hydrogen) atoms. The second-order valence-electron chi connectivity index (χ2n) is 20.8. The van der Waals surface area contributed by atoms with Gasteiger partial charge in [-0.3, -0.25) is 0 Å². The average molecular weight is 879 g/mol. The first-order chi connectivity index (χ1) is 30.1. The predicted molar refractivity (Wildman–Crippen MR) is 228 cm³/mol. The largest absolute Gasteiger partial charge is 0.458 e. The normalized spacial score (nSPS) is 49.1. The minimum atomic E-state index is -0.958. The van der Waals surface area contributed by atoms with Crippen molar-refractivity contribution in [2.75, 3.05) is 6.61 Å². The quantitative estimate of drug-likeness (QED) is 0.129. The summed E-state index contributed by atoms with van der Waals surface area (Å²) in [4.78, 5) is 12.0. The van der Waals surface area contributed by atoms with E-state index in [2.05, 4.69) is 19.8 Å². The second kappa shape index (κ2) is 18.0. The lowest BCUT2D eigenvalue weighted by Gasteiger charge is -2.64. The Bertz CT molecular complexity index is 1820. The summed E-state index contributed by atoms with van der Waals surface area (Å²) in [5.74, 6) is 3.76. The monoisotopic (exact) mass is 878 g/mol. The van der Waals surface area contributed by atoms with Crippen molar-refractivity contribution in [2.24, 2.45) is 34.5 Å². The first kappa shape index (κ1) is 45.7. The van der Waals surface area contributed by atoms with Crippen LogP contribution in [0.1, 0.15) is 123 Å². The molecule has 4 heterocycles. The second-order valence-corrected chi connectivity index (χ2v) is 20.8. The van der Waals surface area contributed by atoms with Crippen LogP contribution in [0.5, 0.6) is 0 Å². The summed E-state index contributed by atoms with van der Waals surface area (Å²) in [5.41, 5.74) is 1.00. The number of aliphatic hydroxyl groups is 4. The molecule has 4 N–H and O–H groups in total. The molecule has 0 radical (unpaired) electrons. The molecule has 13 heteroatoms. The van der Waals surface area contributed by atoms with Gasteiger partial charge in [0.25, 0.3) is 0 Å². The summed E-state index contributed by atoms with van der Waals surface area (Å²) in [5, 5.41) is 46.4. The molecule has 1 aromatic rings. The van der Waals surface area contributed by atoms with Crippen LogP contribution in [0.4, 0.5) is 0 Å². The SMILES string of the molecule is C#CC(O[C@H]1[C@@H](O)C[C@H](O[C@H]2[C@@H](O)C[C@H](O[C@H]3[C@@H](O)C[C@H](O[C@H]4CC[C@]5(C)C6CC[C@]7(C)[C@@H](C8=CC(=O)OC8)CC[C@]7(O)[C@@H]6CC[C@@H]5C4)O[C@@H]3C)O[C@@H]2C)O[C@@H]1C)c1ccccc1. The van der Waals surface area contributed by atoms with Crippen LogP contribution >= 0.6 is 0 Å². The molecule has 4 aliphatic carbocycles. The standard InChI is InChI=1S/C50H70O13/c1-7-40(30-11-9-8-10-12-30)61-45-27(2)58-43(24-37(45)51)62-47-29(4)59-44(25-39(47)53)63-46-28(3)57-42(23-38(46)52)60-33-15-18-48(5)32(22-33)13-14-36-35(48)16-19-49(6)34(17-20-50(36,49)55)31-21-41(54)56-26-31/h1,8-12,21,27-29,32-40,42-47,51-53,55H,13-20,22-26H2,2-6H3/t27-,28-,29-,32-,33+,34-,35?,36-,37+,38+,39+,40?,42+,43+,44+,45-,46-,47-,48+,49-,50+/m1/s1. The van der Waals surface area contributed by atoms with Gasteiger partial charge < -0.3 is 58.3 Å². The minimum Gasteiger partial charge on any atom is -0.458 e. The predicted octanol–water partition coefficient (Wildman–Crippen LogP) is 5.65. The van der Waals surface area contributed by atoms with E-state index in [0.29, 0.717) is 18.4 Å². The smallest absolute Gasteiger partial charge is 0.331 e. The summed E-state index contributed by atoms with van der Waals surface area (Å²) >= 11 is 0. The van der Waals surface area contributed by atoms with Crippen LogP contribution < -0.4 is 0 Å². The van der Waals surface area contributed by atoms with Gasteiger partial charge in [0, 0.05) is 30.8 Å². The van der Waals surface area contributed by atoms with Gasteiger partial charge >= 0.3 is 5.97 Å². The Morgan fingerprint density at radius 1 is 0.730 bits per heavy atom. The number of cyclic esters (lactones) is 1. The van der Waals surface area contributed by atoms with Crippen LogP contribution in [0, 0.1) is 46.8 Å². The highest BCUT2D eigenvalue weighted by Crippen LogP contribution is 2.70. The molecule has 0 bridgehead atoms. The molecule has 7 fully saturated rings. The van der Waals surface area contributed by atoms with Gasteiger partial charge in [0.1, 0.15) is 31.0 Å². The average Bonchev–Trinajstić information content (AvgIpc) is 3.79. The number of hydrogen-bond acceptors (Lipinski definition) is 13. The van der Waals surface area contributed by atoms with Crippen molar-refractivity contribution < 1.29 is 63.1 Å². The number of hydrogen-bond donors (Lipinski definition) is 4. The fourth-order valence-electron chi connectivity index (χ4n) is 14.0. The van der Waals surface area contributed by atoms with Crippen LogP contribution in [0.2, 0.25) is 0 Å². The number of ether oxygens (including phenoxy) is 8. The molecular formula is C50H70O13. The summed E-state index contributed by atoms with van der Waals surface area (Å²) in [6.45, 7) is 10.6. The molecule has 4 aliphatic heterocycles. The van der Waals surface area contributed by atoms with Crippen LogP contribution in [0.15, 0.2) is 42.0 Å².